The largest absolute Gasteiger partial charge is 0.338 e. The van der Waals surface area contributed by atoms with Crippen LogP contribution in [0.2, 0.25) is 0 Å². The second kappa shape index (κ2) is 6.18. The van der Waals surface area contributed by atoms with E-state index in [0.29, 0.717) is 6.54 Å². The number of rotatable bonds is 5. The van der Waals surface area contributed by atoms with Crippen molar-refractivity contribution in [3.8, 4) is 0 Å². The smallest absolute Gasteiger partial charge is 0.319 e. The quantitative estimate of drug-likeness (QED) is 0.792. The molecule has 0 unspecified atom stereocenters. The van der Waals surface area contributed by atoms with E-state index in [1.165, 1.54) is 0 Å². The van der Waals surface area contributed by atoms with Crippen molar-refractivity contribution >= 4 is 11.7 Å². The summed E-state index contributed by atoms with van der Waals surface area (Å²) >= 11 is 0. The van der Waals surface area contributed by atoms with Crippen LogP contribution in [0.1, 0.15) is 17.8 Å². The zero-order chi connectivity index (χ0) is 14.5. The zero-order valence-electron chi connectivity index (χ0n) is 11.9. The summed E-state index contributed by atoms with van der Waals surface area (Å²) in [5.41, 5.74) is 2.51. The predicted octanol–water partition coefficient (Wildman–Crippen LogP) is 0.840. The monoisotopic (exact) mass is 277 g/mol. The number of hydrogen-bond donors (Lipinski definition) is 2. The molecule has 8 heteroatoms. The summed E-state index contributed by atoms with van der Waals surface area (Å²) in [6, 6.07) is -0.215. The molecule has 0 spiro atoms. The molecule has 0 aliphatic rings. The van der Waals surface area contributed by atoms with Crippen LogP contribution in [0.4, 0.5) is 10.5 Å². The van der Waals surface area contributed by atoms with Gasteiger partial charge in [0.25, 0.3) is 0 Å². The van der Waals surface area contributed by atoms with Gasteiger partial charge in [-0.3, -0.25) is 4.68 Å². The first-order valence-corrected chi connectivity index (χ1v) is 6.45. The van der Waals surface area contributed by atoms with Crippen LogP contribution in [0.3, 0.4) is 0 Å². The third-order valence-corrected chi connectivity index (χ3v) is 3.09. The number of aryl methyl sites for hydroxylation is 3. The molecule has 0 aliphatic carbocycles. The average Bonchev–Trinajstić information content (AvgIpc) is 3.00. The third-order valence-electron chi connectivity index (χ3n) is 3.09. The maximum absolute atomic E-state index is 11.8. The fourth-order valence-corrected chi connectivity index (χ4v) is 1.91. The summed E-state index contributed by atoms with van der Waals surface area (Å²) in [7, 11) is 1.85. The van der Waals surface area contributed by atoms with Gasteiger partial charge in [-0.25, -0.2) is 4.79 Å². The second-order valence-electron chi connectivity index (χ2n) is 4.60. The lowest BCUT2D eigenvalue weighted by atomic mass is 10.3. The van der Waals surface area contributed by atoms with E-state index in [-0.39, 0.29) is 6.03 Å². The van der Waals surface area contributed by atoms with Gasteiger partial charge in [0.2, 0.25) is 0 Å². The standard InChI is InChI=1S/C12H19N7O/c1-9-11(10(2)18(3)17-9)16-12(20)13-5-4-6-19-7-14-15-8-19/h7-8H,4-6H2,1-3H3,(H2,13,16,20). The Morgan fingerprint density at radius 3 is 2.60 bits per heavy atom. The number of anilines is 1. The molecule has 0 radical (unpaired) electrons. The second-order valence-corrected chi connectivity index (χ2v) is 4.60. The van der Waals surface area contributed by atoms with Gasteiger partial charge in [0.05, 0.1) is 17.1 Å². The number of aromatic nitrogens is 5. The Hall–Kier alpha value is -2.38. The maximum Gasteiger partial charge on any atom is 0.319 e. The SMILES string of the molecule is Cc1nn(C)c(C)c1NC(=O)NCCCn1cnnc1. The Balaban J connectivity index is 1.75. The highest BCUT2D eigenvalue weighted by molar-refractivity contribution is 5.90. The van der Waals surface area contributed by atoms with Gasteiger partial charge in [-0.2, -0.15) is 5.10 Å². The van der Waals surface area contributed by atoms with Crippen molar-refractivity contribution in [1.29, 1.82) is 0 Å². The molecule has 0 saturated heterocycles. The van der Waals surface area contributed by atoms with Crippen molar-refractivity contribution < 1.29 is 4.79 Å². The highest BCUT2D eigenvalue weighted by atomic mass is 16.2. The van der Waals surface area contributed by atoms with E-state index in [9.17, 15) is 4.79 Å². The number of nitrogens with one attached hydrogen (secondary N) is 2. The highest BCUT2D eigenvalue weighted by Gasteiger charge is 2.11. The van der Waals surface area contributed by atoms with E-state index in [1.807, 2.05) is 25.5 Å². The Labute approximate surface area is 117 Å². The van der Waals surface area contributed by atoms with Crippen molar-refractivity contribution in [3.05, 3.63) is 24.0 Å². The molecule has 0 saturated carbocycles. The van der Waals surface area contributed by atoms with Gasteiger partial charge in [0.1, 0.15) is 12.7 Å². The minimum absolute atomic E-state index is 0.215. The molecule has 2 heterocycles. The van der Waals surface area contributed by atoms with E-state index in [2.05, 4.69) is 25.9 Å². The van der Waals surface area contributed by atoms with Gasteiger partial charge >= 0.3 is 6.03 Å². The first-order valence-electron chi connectivity index (χ1n) is 6.45. The number of carbonyl (C=O) groups excluding carboxylic acids is 1. The van der Waals surface area contributed by atoms with Crippen LogP contribution in [-0.2, 0) is 13.6 Å². The summed E-state index contributed by atoms with van der Waals surface area (Å²) in [6.45, 7) is 5.15. The Bertz CT molecular complexity index is 573. The first-order chi connectivity index (χ1) is 9.58. The van der Waals surface area contributed by atoms with Crippen molar-refractivity contribution in [1.82, 2.24) is 29.9 Å². The van der Waals surface area contributed by atoms with Crippen LogP contribution in [0.25, 0.3) is 0 Å². The molecule has 0 atom stereocenters. The van der Waals surface area contributed by atoms with E-state index < -0.39 is 0 Å². The maximum atomic E-state index is 11.8. The van der Waals surface area contributed by atoms with E-state index in [4.69, 9.17) is 0 Å². The van der Waals surface area contributed by atoms with E-state index in [0.717, 1.165) is 30.0 Å². The van der Waals surface area contributed by atoms with Crippen LogP contribution in [-0.4, -0.2) is 37.1 Å². The molecule has 0 bridgehead atoms. The van der Waals surface area contributed by atoms with Crippen molar-refractivity contribution in [3.63, 3.8) is 0 Å². The Kier molecular flexibility index (Phi) is 4.34. The molecule has 20 heavy (non-hydrogen) atoms. The molecule has 0 aliphatic heterocycles. The molecule has 2 amide bonds. The lowest BCUT2D eigenvalue weighted by Crippen LogP contribution is -2.30. The summed E-state index contributed by atoms with van der Waals surface area (Å²) in [4.78, 5) is 11.8. The van der Waals surface area contributed by atoms with Crippen LogP contribution < -0.4 is 10.6 Å². The van der Waals surface area contributed by atoms with Crippen LogP contribution >= 0.6 is 0 Å². The lowest BCUT2D eigenvalue weighted by molar-refractivity contribution is 0.251. The highest BCUT2D eigenvalue weighted by Crippen LogP contribution is 2.17. The number of amides is 2. The van der Waals surface area contributed by atoms with E-state index in [1.54, 1.807) is 17.3 Å². The summed E-state index contributed by atoms with van der Waals surface area (Å²) in [5, 5.41) is 17.3. The Morgan fingerprint density at radius 2 is 2.00 bits per heavy atom. The number of hydrogen-bond acceptors (Lipinski definition) is 4. The van der Waals surface area contributed by atoms with Crippen molar-refractivity contribution in [2.24, 2.45) is 7.05 Å². The summed E-state index contributed by atoms with van der Waals surface area (Å²) in [6.07, 6.45) is 4.13. The van der Waals surface area contributed by atoms with Crippen molar-refractivity contribution in [2.45, 2.75) is 26.8 Å². The van der Waals surface area contributed by atoms with Crippen LogP contribution in [0, 0.1) is 13.8 Å². The first kappa shape index (κ1) is 14.0. The molecule has 108 valence electrons. The molecular weight excluding hydrogens is 258 g/mol. The third kappa shape index (κ3) is 3.34. The van der Waals surface area contributed by atoms with Gasteiger partial charge in [0, 0.05) is 20.1 Å². The van der Waals surface area contributed by atoms with Gasteiger partial charge < -0.3 is 15.2 Å². The van der Waals surface area contributed by atoms with Gasteiger partial charge in [0.15, 0.2) is 0 Å². The topological polar surface area (TPSA) is 89.7 Å². The van der Waals surface area contributed by atoms with Crippen LogP contribution in [0.15, 0.2) is 12.7 Å². The Morgan fingerprint density at radius 1 is 1.30 bits per heavy atom. The van der Waals surface area contributed by atoms with Gasteiger partial charge in [-0.15, -0.1) is 10.2 Å². The molecule has 2 aromatic rings. The minimum Gasteiger partial charge on any atom is -0.338 e. The lowest BCUT2D eigenvalue weighted by Gasteiger charge is -2.08. The number of nitrogens with zero attached hydrogens (tertiary/aromatic N) is 5. The molecule has 2 rings (SSSR count). The molecule has 0 aromatic carbocycles. The minimum atomic E-state index is -0.215. The van der Waals surface area contributed by atoms with E-state index >= 15 is 0 Å². The predicted molar refractivity (Wildman–Crippen MR) is 74.3 cm³/mol. The zero-order valence-corrected chi connectivity index (χ0v) is 11.9. The molecule has 2 N–H and O–H groups in total. The van der Waals surface area contributed by atoms with Crippen LogP contribution in [0.5, 0.6) is 0 Å². The van der Waals surface area contributed by atoms with Crippen molar-refractivity contribution in [2.75, 3.05) is 11.9 Å². The molecule has 2 aromatic heterocycles. The average molecular weight is 277 g/mol. The fraction of sp³-hybridized carbons (Fsp3) is 0.500. The van der Waals surface area contributed by atoms with Gasteiger partial charge in [-0.1, -0.05) is 0 Å². The molecule has 8 nitrogen and oxygen atoms in total. The molecular formula is C12H19N7O. The normalized spacial score (nSPS) is 10.6. The fourth-order valence-electron chi connectivity index (χ4n) is 1.91. The molecule has 0 fully saturated rings. The number of carbonyl (C=O) groups is 1. The number of urea groups is 1. The van der Waals surface area contributed by atoms with Gasteiger partial charge in [-0.05, 0) is 20.3 Å². The summed E-state index contributed by atoms with van der Waals surface area (Å²) in [5.74, 6) is 0. The summed E-state index contributed by atoms with van der Waals surface area (Å²) < 4.78 is 3.62.